The zero-order chi connectivity index (χ0) is 20.9. The highest BCUT2D eigenvalue weighted by molar-refractivity contribution is 5.71. The number of rotatable bonds is 6. The molecule has 0 atom stereocenters. The number of allylic oxidation sites excluding steroid dienone is 2. The number of fused-ring (bicyclic) bond motifs is 1. The maximum Gasteiger partial charge on any atom is 0.144 e. The number of benzene rings is 2. The quantitative estimate of drug-likeness (QED) is 0.454. The lowest BCUT2D eigenvalue weighted by atomic mass is 9.76. The molecule has 4 rings (SSSR count). The number of hydrogen-bond acceptors (Lipinski definition) is 1. The van der Waals surface area contributed by atoms with Crippen LogP contribution in [0.5, 0.6) is 0 Å². The highest BCUT2D eigenvalue weighted by atomic mass is 19.1. The normalized spacial score (nSPS) is 20.9. The summed E-state index contributed by atoms with van der Waals surface area (Å²) in [5, 5.41) is 9.04. The van der Waals surface area contributed by atoms with Crippen LogP contribution in [0, 0.1) is 23.1 Å². The average molecular weight is 402 g/mol. The van der Waals surface area contributed by atoms with E-state index in [4.69, 9.17) is 5.26 Å². The van der Waals surface area contributed by atoms with Gasteiger partial charge < -0.3 is 0 Å². The Morgan fingerprint density at radius 2 is 1.77 bits per heavy atom. The smallest absolute Gasteiger partial charge is 0.144 e. The summed E-state index contributed by atoms with van der Waals surface area (Å²) >= 11 is 0. The summed E-state index contributed by atoms with van der Waals surface area (Å²) in [5.74, 6) is 1.31. The first-order valence-corrected chi connectivity index (χ1v) is 11.7. The SMILES string of the molecule is CCCCCC1CCC(c2ccc(C3=CCc4c(ccc(C#N)c4F)C3)cc2)CC1. The van der Waals surface area contributed by atoms with Crippen LogP contribution < -0.4 is 0 Å². The van der Waals surface area contributed by atoms with Crippen molar-refractivity contribution in [3.05, 3.63) is 76.1 Å². The second-order valence-corrected chi connectivity index (χ2v) is 9.12. The van der Waals surface area contributed by atoms with Crippen LogP contribution in [0.25, 0.3) is 5.57 Å². The minimum Gasteiger partial charge on any atom is -0.205 e. The van der Waals surface area contributed by atoms with E-state index in [2.05, 4.69) is 37.3 Å². The topological polar surface area (TPSA) is 23.8 Å². The van der Waals surface area contributed by atoms with Crippen molar-refractivity contribution in [3.8, 4) is 6.07 Å². The van der Waals surface area contributed by atoms with Gasteiger partial charge in [0, 0.05) is 0 Å². The molecule has 2 aliphatic rings. The Morgan fingerprint density at radius 3 is 2.47 bits per heavy atom. The Labute approximate surface area is 180 Å². The molecule has 2 aromatic rings. The molecular formula is C28H32FN. The van der Waals surface area contributed by atoms with Crippen molar-refractivity contribution in [2.24, 2.45) is 5.92 Å². The summed E-state index contributed by atoms with van der Waals surface area (Å²) in [6.45, 7) is 2.28. The van der Waals surface area contributed by atoms with Crippen LogP contribution in [0.1, 0.15) is 92.0 Å². The fourth-order valence-electron chi connectivity index (χ4n) is 5.29. The van der Waals surface area contributed by atoms with Gasteiger partial charge in [-0.3, -0.25) is 0 Å². The second-order valence-electron chi connectivity index (χ2n) is 9.12. The first-order valence-electron chi connectivity index (χ1n) is 11.7. The maximum atomic E-state index is 14.4. The summed E-state index contributed by atoms with van der Waals surface area (Å²) in [6, 6.07) is 14.6. The number of hydrogen-bond donors (Lipinski definition) is 0. The first-order chi connectivity index (χ1) is 14.7. The third-order valence-electron chi connectivity index (χ3n) is 7.21. The predicted molar refractivity (Wildman–Crippen MR) is 122 cm³/mol. The lowest BCUT2D eigenvalue weighted by molar-refractivity contribution is 0.303. The molecule has 0 unspecified atom stereocenters. The van der Waals surface area contributed by atoms with Crippen LogP contribution in [0.2, 0.25) is 0 Å². The number of nitrogens with zero attached hydrogens (tertiary/aromatic N) is 1. The summed E-state index contributed by atoms with van der Waals surface area (Å²) in [5.41, 5.74) is 5.82. The van der Waals surface area contributed by atoms with Crippen LogP contribution in [0.4, 0.5) is 4.39 Å². The highest BCUT2D eigenvalue weighted by Crippen LogP contribution is 2.38. The molecule has 0 aromatic heterocycles. The van der Waals surface area contributed by atoms with Gasteiger partial charge in [0.25, 0.3) is 0 Å². The van der Waals surface area contributed by atoms with Crippen LogP contribution >= 0.6 is 0 Å². The molecule has 1 saturated carbocycles. The van der Waals surface area contributed by atoms with Gasteiger partial charge in [-0.15, -0.1) is 0 Å². The standard InChI is InChI=1S/C28H32FN/c1-2-3-4-5-20-6-8-21(9-7-20)22-10-12-23(13-11-22)24-16-17-27-25(18-24)14-15-26(19-30)28(27)29/h10-16,20-21H,2-9,17-18H2,1H3. The van der Waals surface area contributed by atoms with Crippen LogP contribution in [0.3, 0.4) is 0 Å². The van der Waals surface area contributed by atoms with E-state index in [0.29, 0.717) is 17.9 Å². The minimum atomic E-state index is -0.342. The zero-order valence-corrected chi connectivity index (χ0v) is 18.1. The molecule has 0 aliphatic heterocycles. The molecule has 0 heterocycles. The number of nitriles is 1. The molecule has 0 bridgehead atoms. The molecular weight excluding hydrogens is 369 g/mol. The first kappa shape index (κ1) is 20.9. The van der Waals surface area contributed by atoms with Crippen molar-refractivity contribution >= 4 is 5.57 Å². The molecule has 156 valence electrons. The Morgan fingerprint density at radius 1 is 1.00 bits per heavy atom. The Hall–Kier alpha value is -2.40. The van der Waals surface area contributed by atoms with Crippen molar-refractivity contribution in [2.75, 3.05) is 0 Å². The molecule has 2 aromatic carbocycles. The van der Waals surface area contributed by atoms with E-state index in [-0.39, 0.29) is 11.4 Å². The predicted octanol–water partition coefficient (Wildman–Crippen LogP) is 7.73. The van der Waals surface area contributed by atoms with Crippen LogP contribution in [0.15, 0.2) is 42.5 Å². The summed E-state index contributed by atoms with van der Waals surface area (Å²) < 4.78 is 14.4. The summed E-state index contributed by atoms with van der Waals surface area (Å²) in [4.78, 5) is 0. The van der Waals surface area contributed by atoms with Crippen molar-refractivity contribution in [3.63, 3.8) is 0 Å². The Bertz CT molecular complexity index is 940. The van der Waals surface area contributed by atoms with Crippen LogP contribution in [-0.4, -0.2) is 0 Å². The summed E-state index contributed by atoms with van der Waals surface area (Å²) in [6.07, 6.45) is 14.4. The third-order valence-corrected chi connectivity index (χ3v) is 7.21. The Kier molecular flexibility index (Phi) is 6.68. The van der Waals surface area contributed by atoms with E-state index >= 15 is 0 Å². The Balaban J connectivity index is 1.38. The molecule has 1 nitrogen and oxygen atoms in total. The van der Waals surface area contributed by atoms with E-state index in [0.717, 1.165) is 17.9 Å². The van der Waals surface area contributed by atoms with Crippen molar-refractivity contribution in [1.29, 1.82) is 5.26 Å². The van der Waals surface area contributed by atoms with Gasteiger partial charge in [-0.2, -0.15) is 5.26 Å². The van der Waals surface area contributed by atoms with Gasteiger partial charge in [0.05, 0.1) is 5.56 Å². The van der Waals surface area contributed by atoms with Gasteiger partial charge in [0.15, 0.2) is 0 Å². The molecule has 1 fully saturated rings. The highest BCUT2D eigenvalue weighted by Gasteiger charge is 2.23. The lowest BCUT2D eigenvalue weighted by Gasteiger charge is -2.29. The lowest BCUT2D eigenvalue weighted by Crippen LogP contribution is -2.13. The van der Waals surface area contributed by atoms with E-state index in [9.17, 15) is 4.39 Å². The third kappa shape index (κ3) is 4.51. The van der Waals surface area contributed by atoms with Gasteiger partial charge >= 0.3 is 0 Å². The zero-order valence-electron chi connectivity index (χ0n) is 18.1. The molecule has 2 aliphatic carbocycles. The van der Waals surface area contributed by atoms with Gasteiger partial charge in [0.1, 0.15) is 11.9 Å². The van der Waals surface area contributed by atoms with Gasteiger partial charge in [-0.1, -0.05) is 69.0 Å². The molecule has 2 heteroatoms. The van der Waals surface area contributed by atoms with Gasteiger partial charge in [0.2, 0.25) is 0 Å². The van der Waals surface area contributed by atoms with E-state index in [1.807, 2.05) is 12.1 Å². The van der Waals surface area contributed by atoms with E-state index in [1.54, 1.807) is 6.07 Å². The maximum absolute atomic E-state index is 14.4. The van der Waals surface area contributed by atoms with Crippen LogP contribution in [-0.2, 0) is 12.8 Å². The van der Waals surface area contributed by atoms with Crippen molar-refractivity contribution in [2.45, 2.75) is 77.0 Å². The fraction of sp³-hybridized carbons (Fsp3) is 0.464. The summed E-state index contributed by atoms with van der Waals surface area (Å²) in [7, 11) is 0. The molecule has 0 spiro atoms. The molecule has 0 radical (unpaired) electrons. The van der Waals surface area contributed by atoms with Crippen molar-refractivity contribution in [1.82, 2.24) is 0 Å². The molecule has 0 amide bonds. The molecule has 30 heavy (non-hydrogen) atoms. The fourth-order valence-corrected chi connectivity index (χ4v) is 5.29. The van der Waals surface area contributed by atoms with Gasteiger partial charge in [-0.05, 0) is 84.3 Å². The van der Waals surface area contributed by atoms with E-state index in [1.165, 1.54) is 68.1 Å². The minimum absolute atomic E-state index is 0.148. The molecule has 0 saturated heterocycles. The monoisotopic (exact) mass is 401 g/mol. The number of unbranched alkanes of at least 4 members (excludes halogenated alkanes) is 2. The van der Waals surface area contributed by atoms with Crippen molar-refractivity contribution < 1.29 is 4.39 Å². The molecule has 0 N–H and O–H groups in total. The second kappa shape index (κ2) is 9.61. The van der Waals surface area contributed by atoms with Gasteiger partial charge in [-0.25, -0.2) is 4.39 Å². The average Bonchev–Trinajstić information content (AvgIpc) is 2.80. The largest absolute Gasteiger partial charge is 0.205 e. The van der Waals surface area contributed by atoms with E-state index < -0.39 is 0 Å². The number of halogens is 1.